The van der Waals surface area contributed by atoms with Crippen molar-refractivity contribution < 1.29 is 4.79 Å². The fraction of sp³-hybridized carbons (Fsp3) is 0.250. The van der Waals surface area contributed by atoms with Gasteiger partial charge in [-0.1, -0.05) is 91.1 Å². The Kier molecular flexibility index (Phi) is 5.50. The summed E-state index contributed by atoms with van der Waals surface area (Å²) in [6.45, 7) is 6.40. The molecule has 2 rings (SSSR count). The van der Waals surface area contributed by atoms with Gasteiger partial charge in [0.15, 0.2) is 0 Å². The van der Waals surface area contributed by atoms with Gasteiger partial charge in [0.1, 0.15) is 5.78 Å². The molecule has 0 radical (unpaired) electrons. The zero-order valence-electron chi connectivity index (χ0n) is 13.6. The monoisotopic (exact) mass is 308 g/mol. The largest absolute Gasteiger partial charge is 0.300 e. The molecule has 1 atom stereocenters. The van der Waals surface area contributed by atoms with Gasteiger partial charge in [0.2, 0.25) is 0 Å². The average molecular weight is 308 g/mol. The van der Waals surface area contributed by atoms with E-state index < -0.39 is 8.07 Å². The highest BCUT2D eigenvalue weighted by Gasteiger charge is 2.32. The normalized spacial score (nSPS) is 13.2. The molecule has 0 aromatic heterocycles. The van der Waals surface area contributed by atoms with Crippen LogP contribution in [0.3, 0.4) is 0 Å². The second kappa shape index (κ2) is 7.37. The van der Waals surface area contributed by atoms with Gasteiger partial charge in [0, 0.05) is 6.42 Å². The summed E-state index contributed by atoms with van der Waals surface area (Å²) in [6.07, 6.45) is 5.03. The highest BCUT2D eigenvalue weighted by Crippen LogP contribution is 2.28. The molecule has 22 heavy (non-hydrogen) atoms. The van der Waals surface area contributed by atoms with Crippen molar-refractivity contribution in [1.29, 1.82) is 0 Å². The number of benzene rings is 2. The third-order valence-electron chi connectivity index (χ3n) is 4.27. The van der Waals surface area contributed by atoms with E-state index in [9.17, 15) is 4.79 Å². The zero-order valence-corrected chi connectivity index (χ0v) is 14.6. The molecule has 0 spiro atoms. The van der Waals surface area contributed by atoms with Gasteiger partial charge in [-0.05, 0) is 18.0 Å². The van der Waals surface area contributed by atoms with Crippen molar-refractivity contribution in [2.75, 3.05) is 0 Å². The molecule has 0 amide bonds. The van der Waals surface area contributed by atoms with Crippen molar-refractivity contribution in [1.82, 2.24) is 0 Å². The van der Waals surface area contributed by atoms with Crippen LogP contribution in [0.5, 0.6) is 0 Å². The molecule has 0 unspecified atom stereocenters. The number of ketones is 1. The quantitative estimate of drug-likeness (QED) is 0.709. The van der Waals surface area contributed by atoms with Crippen LogP contribution in [-0.4, -0.2) is 13.9 Å². The molecule has 2 heteroatoms. The highest BCUT2D eigenvalue weighted by atomic mass is 28.3. The predicted octanol–water partition coefficient (Wildman–Crippen LogP) is 4.66. The average Bonchev–Trinajstić information content (AvgIpc) is 2.53. The summed E-state index contributed by atoms with van der Waals surface area (Å²) in [5, 5.41) is 1.40. The van der Waals surface area contributed by atoms with Crippen LogP contribution >= 0.6 is 0 Å². The van der Waals surface area contributed by atoms with Crippen LogP contribution in [0.1, 0.15) is 18.9 Å². The van der Waals surface area contributed by atoms with E-state index in [4.69, 9.17) is 0 Å². The summed E-state index contributed by atoms with van der Waals surface area (Å²) in [6, 6.07) is 20.9. The second-order valence-corrected chi connectivity index (χ2v) is 11.1. The maximum absolute atomic E-state index is 11.7. The first-order valence-corrected chi connectivity index (χ1v) is 10.9. The van der Waals surface area contributed by atoms with Gasteiger partial charge in [-0.25, -0.2) is 0 Å². The van der Waals surface area contributed by atoms with Gasteiger partial charge in [-0.15, -0.1) is 0 Å². The van der Waals surface area contributed by atoms with Gasteiger partial charge in [-0.3, -0.25) is 0 Å². The smallest absolute Gasteiger partial charge is 0.130 e. The molecular formula is C20H24OSi. The van der Waals surface area contributed by atoms with Crippen molar-refractivity contribution in [2.45, 2.75) is 32.0 Å². The van der Waals surface area contributed by atoms with Gasteiger partial charge in [0.25, 0.3) is 0 Å². The lowest BCUT2D eigenvalue weighted by Gasteiger charge is -2.30. The lowest BCUT2D eigenvalue weighted by atomic mass is 10.1. The zero-order chi connectivity index (χ0) is 16.0. The number of hydrogen-bond donors (Lipinski definition) is 0. The third-order valence-corrected chi connectivity index (χ3v) is 8.34. The predicted molar refractivity (Wildman–Crippen MR) is 98.1 cm³/mol. The molecule has 2 aromatic carbocycles. The Morgan fingerprint density at radius 1 is 1.00 bits per heavy atom. The number of hydrogen-bond acceptors (Lipinski definition) is 1. The van der Waals surface area contributed by atoms with Crippen LogP contribution in [0.2, 0.25) is 18.6 Å². The van der Waals surface area contributed by atoms with Crippen LogP contribution in [-0.2, 0) is 4.79 Å². The Morgan fingerprint density at radius 3 is 2.09 bits per heavy atom. The van der Waals surface area contributed by atoms with Gasteiger partial charge >= 0.3 is 0 Å². The van der Waals surface area contributed by atoms with Crippen molar-refractivity contribution in [3.8, 4) is 0 Å². The summed E-state index contributed by atoms with van der Waals surface area (Å²) in [5.41, 5.74) is 1.50. The molecule has 0 heterocycles. The maximum atomic E-state index is 11.7. The Bertz CT molecular complexity index is 629. The molecule has 0 N–H and O–H groups in total. The van der Waals surface area contributed by atoms with Crippen LogP contribution in [0, 0.1) is 0 Å². The Hall–Kier alpha value is -1.93. The van der Waals surface area contributed by atoms with E-state index in [2.05, 4.69) is 61.6 Å². The molecule has 114 valence electrons. The Labute approximate surface area is 134 Å². The minimum absolute atomic E-state index is 0.263. The molecule has 0 bridgehead atoms. The molecule has 2 aromatic rings. The summed E-state index contributed by atoms with van der Waals surface area (Å²) < 4.78 is 0. The first kappa shape index (κ1) is 16.4. The first-order valence-electron chi connectivity index (χ1n) is 7.78. The molecule has 1 nitrogen and oxygen atoms in total. The number of rotatable bonds is 6. The molecule has 0 fully saturated rings. The lowest BCUT2D eigenvalue weighted by molar-refractivity contribution is -0.116. The van der Waals surface area contributed by atoms with Gasteiger partial charge in [0.05, 0.1) is 8.07 Å². The maximum Gasteiger partial charge on any atom is 0.130 e. The van der Waals surface area contributed by atoms with Gasteiger partial charge < -0.3 is 4.79 Å². The summed E-state index contributed by atoms with van der Waals surface area (Å²) in [5.74, 6) is 0.263. The Morgan fingerprint density at radius 2 is 1.55 bits per heavy atom. The number of carbonyl (C=O) groups excluding carboxylic acids is 1. The van der Waals surface area contributed by atoms with Crippen molar-refractivity contribution in [3.63, 3.8) is 0 Å². The minimum Gasteiger partial charge on any atom is -0.300 e. The molecular weight excluding hydrogens is 284 g/mol. The van der Waals surface area contributed by atoms with Crippen molar-refractivity contribution in [3.05, 3.63) is 72.3 Å². The fourth-order valence-corrected chi connectivity index (χ4v) is 5.60. The van der Waals surface area contributed by atoms with Crippen LogP contribution in [0.15, 0.2) is 66.7 Å². The summed E-state index contributed by atoms with van der Waals surface area (Å²) in [4.78, 5) is 11.7. The molecule has 0 aliphatic carbocycles. The van der Waals surface area contributed by atoms with E-state index in [0.29, 0.717) is 12.0 Å². The third kappa shape index (κ3) is 4.28. The van der Waals surface area contributed by atoms with Crippen LogP contribution in [0.25, 0.3) is 6.08 Å². The van der Waals surface area contributed by atoms with Crippen LogP contribution < -0.4 is 5.19 Å². The topological polar surface area (TPSA) is 17.1 Å². The number of Topliss-reactive ketones (excluding diaryl/α,β-unsaturated/α-hetero) is 1. The van der Waals surface area contributed by atoms with Crippen molar-refractivity contribution >= 4 is 25.1 Å². The lowest BCUT2D eigenvalue weighted by Crippen LogP contribution is -2.45. The molecule has 0 saturated heterocycles. The summed E-state index contributed by atoms with van der Waals surface area (Å²) >= 11 is 0. The second-order valence-electron chi connectivity index (χ2n) is 6.37. The van der Waals surface area contributed by atoms with Crippen molar-refractivity contribution in [2.24, 2.45) is 0 Å². The van der Waals surface area contributed by atoms with E-state index >= 15 is 0 Å². The molecule has 0 aliphatic rings. The van der Waals surface area contributed by atoms with E-state index in [1.165, 1.54) is 10.8 Å². The minimum atomic E-state index is -1.73. The fourth-order valence-electron chi connectivity index (χ4n) is 2.75. The Balaban J connectivity index is 2.29. The highest BCUT2D eigenvalue weighted by molar-refractivity contribution is 6.91. The van der Waals surface area contributed by atoms with Crippen LogP contribution in [0.4, 0.5) is 0 Å². The van der Waals surface area contributed by atoms with E-state index in [-0.39, 0.29) is 5.78 Å². The molecule has 0 aliphatic heterocycles. The van der Waals surface area contributed by atoms with E-state index in [1.54, 1.807) is 6.92 Å². The first-order chi connectivity index (χ1) is 10.5. The number of carbonyl (C=O) groups is 1. The number of allylic oxidation sites excluding steroid dienone is 1. The van der Waals surface area contributed by atoms with E-state index in [0.717, 1.165) is 0 Å². The van der Waals surface area contributed by atoms with Gasteiger partial charge in [-0.2, -0.15) is 0 Å². The summed E-state index contributed by atoms with van der Waals surface area (Å²) in [7, 11) is -1.73. The SMILES string of the molecule is CC(=O)C[C@H](/C=C/c1ccccc1)[Si](C)(C)c1ccccc1. The van der Waals surface area contributed by atoms with E-state index in [1.807, 2.05) is 24.3 Å². The standard InChI is InChI=1S/C20H24OSi/c1-17(21)16-20(15-14-18-10-6-4-7-11-18)22(2,3)19-12-8-5-9-13-19/h4-15,20H,16H2,1-3H3/b15-14+/t20-/m0/s1. The molecule has 0 saturated carbocycles.